The molecule has 1 N–H and O–H groups in total. The highest BCUT2D eigenvalue weighted by atomic mass is 27.0. The monoisotopic (exact) mass is 216 g/mol. The summed E-state index contributed by atoms with van der Waals surface area (Å²) >= 11 is 0. The molecule has 0 aliphatic heterocycles. The largest absolute Gasteiger partial charge is 0.390 e. The Kier molecular flexibility index (Phi) is 12.1. The number of hydrogen-bond donors (Lipinski definition) is 1. The van der Waals surface area contributed by atoms with Crippen LogP contribution < -0.4 is 0 Å². The van der Waals surface area contributed by atoms with E-state index in [1.54, 1.807) is 0 Å². The van der Waals surface area contributed by atoms with Crippen molar-refractivity contribution in [3.8, 4) is 0 Å². The summed E-state index contributed by atoms with van der Waals surface area (Å²) in [5, 5.41) is 9.99. The molecule has 0 radical (unpaired) electrons. The number of unbranched alkanes of at least 4 members (excludes halogenated alkanes) is 4. The Hall–Kier alpha value is 0.492. The molecule has 14 heavy (non-hydrogen) atoms. The van der Waals surface area contributed by atoms with Crippen molar-refractivity contribution >= 4 is 17.4 Å². The van der Waals surface area contributed by atoms with E-state index in [0.29, 0.717) is 0 Å². The second kappa shape index (κ2) is 10.0. The van der Waals surface area contributed by atoms with Gasteiger partial charge in [0.2, 0.25) is 0 Å². The number of aliphatic hydroxyl groups is 1. The van der Waals surface area contributed by atoms with Crippen LogP contribution in [0.15, 0.2) is 0 Å². The summed E-state index contributed by atoms with van der Waals surface area (Å²) in [7, 11) is 0. The molecule has 0 amide bonds. The fraction of sp³-hybridized carbons (Fsp3) is 1.00. The lowest BCUT2D eigenvalue weighted by Gasteiger charge is -2.24. The molecule has 0 aliphatic rings. The summed E-state index contributed by atoms with van der Waals surface area (Å²) in [5.41, 5.74) is -0.369. The first-order valence-electron chi connectivity index (χ1n) is 5.91. The zero-order valence-corrected chi connectivity index (χ0v) is 9.60. The van der Waals surface area contributed by atoms with Gasteiger partial charge in [-0.3, -0.25) is 0 Å². The summed E-state index contributed by atoms with van der Waals surface area (Å²) in [6, 6.07) is 0. The van der Waals surface area contributed by atoms with E-state index in [2.05, 4.69) is 20.8 Å². The quantitative estimate of drug-likeness (QED) is 0.488. The van der Waals surface area contributed by atoms with Crippen LogP contribution in [0.25, 0.3) is 0 Å². The van der Waals surface area contributed by atoms with Gasteiger partial charge in [0.05, 0.1) is 5.60 Å². The van der Waals surface area contributed by atoms with Crippen LogP contribution >= 0.6 is 0 Å². The van der Waals surface area contributed by atoms with Gasteiger partial charge in [-0.1, -0.05) is 52.9 Å². The third kappa shape index (κ3) is 7.86. The molecule has 1 nitrogen and oxygen atoms in total. The van der Waals surface area contributed by atoms with Crippen LogP contribution in [0.5, 0.6) is 0 Å². The van der Waals surface area contributed by atoms with Crippen molar-refractivity contribution in [2.45, 2.75) is 77.7 Å². The molecule has 0 aliphatic carbocycles. The molecule has 0 saturated carbocycles. The maximum atomic E-state index is 9.99. The van der Waals surface area contributed by atoms with E-state index >= 15 is 0 Å². The minimum Gasteiger partial charge on any atom is -0.390 e. The molecule has 0 rings (SSSR count). The van der Waals surface area contributed by atoms with Crippen molar-refractivity contribution in [2.75, 3.05) is 0 Å². The zero-order valence-electron chi connectivity index (χ0n) is 9.60. The SMILES string of the molecule is CCCCCCCC(O)(CC)CC.[AlH3]. The van der Waals surface area contributed by atoms with E-state index in [0.717, 1.165) is 19.3 Å². The lowest BCUT2D eigenvalue weighted by atomic mass is 9.90. The lowest BCUT2D eigenvalue weighted by molar-refractivity contribution is 0.0211. The van der Waals surface area contributed by atoms with Crippen LogP contribution in [-0.2, 0) is 0 Å². The topological polar surface area (TPSA) is 20.2 Å². The van der Waals surface area contributed by atoms with E-state index in [1.165, 1.54) is 32.1 Å². The van der Waals surface area contributed by atoms with E-state index in [-0.39, 0.29) is 23.0 Å². The standard InChI is InChI=1S/C12H26O.Al.3H/c1-4-7-8-9-10-11-12(13,5-2)6-3;;;;/h13H,4-11H2,1-3H3;;;;. The Morgan fingerprint density at radius 1 is 0.857 bits per heavy atom. The van der Waals surface area contributed by atoms with Crippen molar-refractivity contribution in [2.24, 2.45) is 0 Å². The van der Waals surface area contributed by atoms with Crippen molar-refractivity contribution < 1.29 is 5.11 Å². The van der Waals surface area contributed by atoms with Gasteiger partial charge in [-0.15, -0.1) is 0 Å². The summed E-state index contributed by atoms with van der Waals surface area (Å²) in [4.78, 5) is 0. The fourth-order valence-electron chi connectivity index (χ4n) is 1.66. The highest BCUT2D eigenvalue weighted by Gasteiger charge is 2.20. The first kappa shape index (κ1) is 16.9. The molecule has 0 heterocycles. The normalized spacial score (nSPS) is 11.1. The lowest BCUT2D eigenvalue weighted by Crippen LogP contribution is -2.26. The molecule has 0 aromatic rings. The van der Waals surface area contributed by atoms with Crippen LogP contribution in [0.2, 0.25) is 0 Å². The fourth-order valence-corrected chi connectivity index (χ4v) is 1.66. The molecule has 0 fully saturated rings. The Morgan fingerprint density at radius 2 is 1.36 bits per heavy atom. The average Bonchev–Trinajstić information content (AvgIpc) is 2.17. The maximum absolute atomic E-state index is 9.99. The van der Waals surface area contributed by atoms with Crippen LogP contribution in [0.4, 0.5) is 0 Å². The molecule has 0 atom stereocenters. The molecule has 86 valence electrons. The van der Waals surface area contributed by atoms with Gasteiger partial charge in [-0.2, -0.15) is 0 Å². The summed E-state index contributed by atoms with van der Waals surface area (Å²) in [6.45, 7) is 6.39. The molecule has 0 aromatic heterocycles. The summed E-state index contributed by atoms with van der Waals surface area (Å²) < 4.78 is 0. The van der Waals surface area contributed by atoms with Crippen LogP contribution in [0.3, 0.4) is 0 Å². The Bertz CT molecular complexity index is 111. The van der Waals surface area contributed by atoms with Crippen molar-refractivity contribution in [3.05, 3.63) is 0 Å². The van der Waals surface area contributed by atoms with Gasteiger partial charge in [0.25, 0.3) is 0 Å². The van der Waals surface area contributed by atoms with Gasteiger partial charge in [0.1, 0.15) is 0 Å². The molecular formula is C12H29AlO. The molecule has 0 spiro atoms. The smallest absolute Gasteiger partial charge is 0.187 e. The van der Waals surface area contributed by atoms with Crippen LogP contribution in [-0.4, -0.2) is 28.1 Å². The van der Waals surface area contributed by atoms with Crippen molar-refractivity contribution in [3.63, 3.8) is 0 Å². The highest BCUT2D eigenvalue weighted by Crippen LogP contribution is 2.22. The molecular weight excluding hydrogens is 187 g/mol. The van der Waals surface area contributed by atoms with Crippen LogP contribution in [0, 0.1) is 0 Å². The summed E-state index contributed by atoms with van der Waals surface area (Å²) in [5.74, 6) is 0. The Labute approximate surface area is 100 Å². The third-order valence-corrected chi connectivity index (χ3v) is 3.06. The van der Waals surface area contributed by atoms with Gasteiger partial charge < -0.3 is 5.11 Å². The van der Waals surface area contributed by atoms with E-state index < -0.39 is 0 Å². The number of rotatable bonds is 8. The predicted molar refractivity (Wildman–Crippen MR) is 68.8 cm³/mol. The van der Waals surface area contributed by atoms with E-state index in [9.17, 15) is 5.11 Å². The maximum Gasteiger partial charge on any atom is 0.187 e. The minimum atomic E-state index is -0.369. The van der Waals surface area contributed by atoms with Crippen LogP contribution in [0.1, 0.15) is 72.1 Å². The van der Waals surface area contributed by atoms with Gasteiger partial charge in [-0.05, 0) is 19.3 Å². The van der Waals surface area contributed by atoms with Gasteiger partial charge in [0.15, 0.2) is 17.4 Å². The molecule has 0 unspecified atom stereocenters. The zero-order chi connectivity index (χ0) is 10.2. The highest BCUT2D eigenvalue weighted by molar-refractivity contribution is 5.75. The molecule has 0 saturated heterocycles. The summed E-state index contributed by atoms with van der Waals surface area (Å²) in [6.07, 6.45) is 9.25. The molecule has 2 heteroatoms. The second-order valence-electron chi connectivity index (χ2n) is 4.10. The van der Waals surface area contributed by atoms with Crippen molar-refractivity contribution in [1.82, 2.24) is 0 Å². The van der Waals surface area contributed by atoms with Gasteiger partial charge >= 0.3 is 0 Å². The predicted octanol–water partition coefficient (Wildman–Crippen LogP) is 2.71. The Balaban J connectivity index is 0. The first-order valence-corrected chi connectivity index (χ1v) is 5.91. The second-order valence-corrected chi connectivity index (χ2v) is 4.10. The number of hydrogen-bond acceptors (Lipinski definition) is 1. The first-order chi connectivity index (χ1) is 6.18. The van der Waals surface area contributed by atoms with E-state index in [1.807, 2.05) is 0 Å². The van der Waals surface area contributed by atoms with E-state index in [4.69, 9.17) is 0 Å². The molecule has 0 aromatic carbocycles. The molecule has 0 bridgehead atoms. The Morgan fingerprint density at radius 3 is 1.79 bits per heavy atom. The third-order valence-electron chi connectivity index (χ3n) is 3.06. The average molecular weight is 216 g/mol. The van der Waals surface area contributed by atoms with Gasteiger partial charge in [-0.25, -0.2) is 0 Å². The minimum absolute atomic E-state index is 0. The van der Waals surface area contributed by atoms with Crippen molar-refractivity contribution in [1.29, 1.82) is 0 Å². The van der Waals surface area contributed by atoms with Gasteiger partial charge in [0, 0.05) is 0 Å².